The molecule has 2 aliphatic rings. The molecular formula is C37H45Cl3SiTi. The molecule has 0 aliphatic heterocycles. The van der Waals surface area contributed by atoms with Gasteiger partial charge in [-0.1, -0.05) is 0 Å². The minimum Gasteiger partial charge on any atom is -1.00 e. The van der Waals surface area contributed by atoms with Crippen molar-refractivity contribution in [2.24, 2.45) is 11.8 Å². The normalized spacial score (nSPS) is 21.4. The fourth-order valence-corrected chi connectivity index (χ4v) is 16.2. The van der Waals surface area contributed by atoms with Crippen LogP contribution < -0.4 is 52.8 Å². The Kier molecular flexibility index (Phi) is 13.1. The zero-order chi connectivity index (χ0) is 27.9. The van der Waals surface area contributed by atoms with Crippen LogP contribution >= 0.6 is 0 Å². The van der Waals surface area contributed by atoms with E-state index in [-0.39, 0.29) is 40.6 Å². The summed E-state index contributed by atoms with van der Waals surface area (Å²) in [7, 11) is -2.62. The van der Waals surface area contributed by atoms with E-state index in [0.29, 0.717) is 29.6 Å². The van der Waals surface area contributed by atoms with E-state index in [2.05, 4.69) is 160 Å². The molecule has 0 amide bonds. The predicted octanol–water partition coefficient (Wildman–Crippen LogP) is -0.674. The van der Waals surface area contributed by atoms with Gasteiger partial charge >= 0.3 is 252 Å². The van der Waals surface area contributed by atoms with Gasteiger partial charge in [0, 0.05) is 0 Å². The molecule has 3 atom stereocenters. The maximum absolute atomic E-state index is 2.67. The van der Waals surface area contributed by atoms with E-state index in [0.717, 1.165) is 0 Å². The summed E-state index contributed by atoms with van der Waals surface area (Å²) in [4.78, 5) is 0. The molecular weight excluding hydrogens is 627 g/mol. The Morgan fingerprint density at radius 3 is 1.48 bits per heavy atom. The summed E-state index contributed by atoms with van der Waals surface area (Å²) in [6, 6.07) is 29.4. The first-order chi connectivity index (χ1) is 18.6. The molecule has 1 fully saturated rings. The van der Waals surface area contributed by atoms with Gasteiger partial charge in [-0.25, -0.2) is 0 Å². The summed E-state index contributed by atoms with van der Waals surface area (Å²) in [5.41, 5.74) is 6.05. The van der Waals surface area contributed by atoms with E-state index in [1.165, 1.54) is 29.5 Å². The average Bonchev–Trinajstić information content (AvgIpc) is 3.20. The van der Waals surface area contributed by atoms with Crippen molar-refractivity contribution in [3.8, 4) is 0 Å². The van der Waals surface area contributed by atoms with Crippen molar-refractivity contribution in [3.63, 3.8) is 0 Å². The van der Waals surface area contributed by atoms with Crippen molar-refractivity contribution in [3.05, 3.63) is 113 Å². The molecule has 42 heavy (non-hydrogen) atoms. The van der Waals surface area contributed by atoms with Crippen LogP contribution in [0.3, 0.4) is 0 Å². The summed E-state index contributed by atoms with van der Waals surface area (Å²) in [5, 5.41) is 4.71. The SMILES string of the molecule is CC(C)c1cccc([Si](c2cccc(C(C)C)c2)(c2cccc(C(C)C)c2)[C]2([Ti+3])C3=CC=CCC3CC2C)c1.[Cl-].[Cl-].[Cl-]. The molecule has 5 heteroatoms. The topological polar surface area (TPSA) is 0 Å². The van der Waals surface area contributed by atoms with Crippen molar-refractivity contribution in [1.82, 2.24) is 0 Å². The zero-order valence-electron chi connectivity index (χ0n) is 26.1. The summed E-state index contributed by atoms with van der Waals surface area (Å²) < 4.78 is 0.0588. The fraction of sp³-hybridized carbons (Fsp3) is 0.405. The van der Waals surface area contributed by atoms with Gasteiger partial charge in [0.25, 0.3) is 0 Å². The maximum atomic E-state index is 2.67. The van der Waals surface area contributed by atoms with Gasteiger partial charge in [-0.15, -0.1) is 0 Å². The van der Waals surface area contributed by atoms with Crippen LogP contribution in [0.2, 0.25) is 3.34 Å². The molecule has 0 nitrogen and oxygen atoms in total. The third kappa shape index (κ3) is 6.22. The molecule has 0 bridgehead atoms. The fourth-order valence-electron chi connectivity index (χ4n) is 7.40. The molecule has 0 aromatic heterocycles. The van der Waals surface area contributed by atoms with E-state index >= 15 is 0 Å². The van der Waals surface area contributed by atoms with E-state index in [4.69, 9.17) is 0 Å². The van der Waals surface area contributed by atoms with Crippen molar-refractivity contribution < 1.29 is 57.7 Å². The van der Waals surface area contributed by atoms with E-state index in [1.54, 1.807) is 21.1 Å². The van der Waals surface area contributed by atoms with Gasteiger partial charge in [0.15, 0.2) is 0 Å². The first kappa shape index (κ1) is 37.1. The quantitative estimate of drug-likeness (QED) is 0.231. The van der Waals surface area contributed by atoms with Crippen LogP contribution in [0.5, 0.6) is 0 Å². The number of rotatable bonds is 7. The molecule has 3 aromatic rings. The van der Waals surface area contributed by atoms with E-state index < -0.39 is 8.07 Å². The summed E-state index contributed by atoms with van der Waals surface area (Å²) >= 11 is 2.67. The molecule has 222 valence electrons. The minimum absolute atomic E-state index is 0. The second-order valence-electron chi connectivity index (χ2n) is 13.0. The second kappa shape index (κ2) is 14.8. The molecule has 1 saturated carbocycles. The molecule has 3 unspecified atom stereocenters. The van der Waals surface area contributed by atoms with Gasteiger partial charge < -0.3 is 37.2 Å². The van der Waals surface area contributed by atoms with Gasteiger partial charge in [0.05, 0.1) is 0 Å². The predicted molar refractivity (Wildman–Crippen MR) is 168 cm³/mol. The Labute approximate surface area is 286 Å². The van der Waals surface area contributed by atoms with Gasteiger partial charge in [0.1, 0.15) is 0 Å². The van der Waals surface area contributed by atoms with Crippen molar-refractivity contribution >= 4 is 23.6 Å². The number of fused-ring (bicyclic) bond motifs is 1. The van der Waals surface area contributed by atoms with Gasteiger partial charge in [0.2, 0.25) is 0 Å². The Bertz CT molecular complexity index is 1280. The molecule has 2 aliphatic carbocycles. The Morgan fingerprint density at radius 2 is 1.10 bits per heavy atom. The Morgan fingerprint density at radius 1 is 0.690 bits per heavy atom. The average molecular weight is 672 g/mol. The standard InChI is InChI=1S/C37H45Si.3ClH.Ti/c1-25(2)29-14-10-17-33(22-29)38(34-18-11-15-30(23-34)26(3)4,35-19-12-16-31(24-35)27(5)6)37-28(7)21-32-13-8-9-20-36(32)37;;;;/h8-12,14-20,22-28,32H,13,21H2,1-7H3;3*1H;/q;;;;+3/p-3. The van der Waals surface area contributed by atoms with Crippen molar-refractivity contribution in [1.29, 1.82) is 0 Å². The minimum atomic E-state index is -2.62. The van der Waals surface area contributed by atoms with E-state index in [9.17, 15) is 0 Å². The van der Waals surface area contributed by atoms with Gasteiger partial charge in [-0.2, -0.15) is 0 Å². The maximum Gasteiger partial charge on any atom is -1.00 e. The first-order valence-corrected chi connectivity index (χ1v) is 17.8. The molecule has 3 aromatic carbocycles. The molecule has 0 heterocycles. The van der Waals surface area contributed by atoms with Crippen LogP contribution in [0, 0.1) is 11.8 Å². The number of halogens is 3. The second-order valence-corrected chi connectivity index (χ2v) is 19.1. The third-order valence-electron chi connectivity index (χ3n) is 9.66. The molecule has 0 saturated heterocycles. The molecule has 0 radical (unpaired) electrons. The number of hydrogen-bond acceptors (Lipinski definition) is 0. The van der Waals surface area contributed by atoms with Crippen LogP contribution in [0.15, 0.2) is 96.6 Å². The largest absolute Gasteiger partial charge is 1.00 e. The smallest absolute Gasteiger partial charge is 1.00 e. The van der Waals surface area contributed by atoms with Crippen molar-refractivity contribution in [2.75, 3.05) is 0 Å². The number of hydrogen-bond donors (Lipinski definition) is 0. The zero-order valence-corrected chi connectivity index (χ0v) is 30.9. The number of benzene rings is 3. The molecule has 5 rings (SSSR count). The monoisotopic (exact) mass is 670 g/mol. The van der Waals surface area contributed by atoms with Gasteiger partial charge in [-0.3, -0.25) is 0 Å². The molecule has 0 spiro atoms. The van der Waals surface area contributed by atoms with Gasteiger partial charge in [-0.05, 0) is 0 Å². The van der Waals surface area contributed by atoms with Crippen LogP contribution in [0.1, 0.15) is 95.8 Å². The summed E-state index contributed by atoms with van der Waals surface area (Å²) in [5.74, 6) is 2.74. The third-order valence-corrected chi connectivity index (χ3v) is 18.1. The van der Waals surface area contributed by atoms with E-state index in [1.807, 2.05) is 0 Å². The van der Waals surface area contributed by atoms with Crippen molar-refractivity contribution in [2.45, 2.75) is 82.4 Å². The summed E-state index contributed by atoms with van der Waals surface area (Å²) in [6.07, 6.45) is 9.72. The number of allylic oxidation sites excluding steroid dienone is 4. The van der Waals surface area contributed by atoms with Crippen LogP contribution in [-0.4, -0.2) is 8.07 Å². The Balaban J connectivity index is 0.00000205. The Hall–Kier alpha value is -1.06. The molecule has 0 N–H and O–H groups in total. The van der Waals surface area contributed by atoms with Crippen LogP contribution in [0.4, 0.5) is 0 Å². The first-order valence-electron chi connectivity index (χ1n) is 15.0. The summed E-state index contributed by atoms with van der Waals surface area (Å²) in [6.45, 7) is 16.6. The van der Waals surface area contributed by atoms with Crippen LogP contribution in [-0.2, 0) is 20.4 Å². The van der Waals surface area contributed by atoms with Crippen LogP contribution in [0.25, 0.3) is 0 Å².